The van der Waals surface area contributed by atoms with Crippen LogP contribution in [0.4, 0.5) is 5.82 Å². The fraction of sp³-hybridized carbons (Fsp3) is 0.344. The number of hydrogen-bond donors (Lipinski definition) is 3. The van der Waals surface area contributed by atoms with Gasteiger partial charge in [0.1, 0.15) is 36.3 Å². The van der Waals surface area contributed by atoms with Gasteiger partial charge in [0.25, 0.3) is 0 Å². The number of nitrogens with one attached hydrogen (secondary N) is 1. The van der Waals surface area contributed by atoms with Gasteiger partial charge in [0.05, 0.1) is 17.1 Å². The van der Waals surface area contributed by atoms with Crippen molar-refractivity contribution in [2.45, 2.75) is 59.1 Å². The van der Waals surface area contributed by atoms with Crippen molar-refractivity contribution >= 4 is 52.2 Å². The number of pyridine rings is 1. The highest BCUT2D eigenvalue weighted by Crippen LogP contribution is 2.47. The fourth-order valence-corrected chi connectivity index (χ4v) is 6.57. The monoisotopic (exact) mass is 635 g/mol. The van der Waals surface area contributed by atoms with Gasteiger partial charge in [0.15, 0.2) is 11.5 Å². The summed E-state index contributed by atoms with van der Waals surface area (Å²) >= 11 is 0. The maximum absolute atomic E-state index is 14.4. The minimum absolute atomic E-state index is 0.0523. The summed E-state index contributed by atoms with van der Waals surface area (Å²) in [6.07, 6.45) is -0.390. The smallest absolute Gasteiger partial charge is 0.459 e. The number of fused-ring (bicyclic) bond motifs is 4. The molecule has 0 aliphatic heterocycles. The first-order valence-electron chi connectivity index (χ1n) is 14.7. The number of hydrogen-bond acceptors (Lipinski definition) is 10. The Bertz CT molecular complexity index is 1890. The second kappa shape index (κ2) is 13.1. The molecule has 0 unspecified atom stereocenters. The van der Waals surface area contributed by atoms with Crippen molar-refractivity contribution in [2.75, 3.05) is 18.9 Å². The predicted octanol–water partition coefficient (Wildman–Crippen LogP) is 5.65. The van der Waals surface area contributed by atoms with Crippen molar-refractivity contribution in [1.82, 2.24) is 19.6 Å². The van der Waals surface area contributed by atoms with E-state index in [1.54, 1.807) is 30.5 Å². The maximum Gasteiger partial charge on any atom is 0.459 e. The van der Waals surface area contributed by atoms with E-state index in [9.17, 15) is 14.5 Å². The molecule has 13 heteroatoms. The van der Waals surface area contributed by atoms with Crippen LogP contribution in [0.1, 0.15) is 40.4 Å². The average molecular weight is 636 g/mol. The predicted molar refractivity (Wildman–Crippen MR) is 173 cm³/mol. The van der Waals surface area contributed by atoms with Gasteiger partial charge < -0.3 is 24.8 Å². The summed E-state index contributed by atoms with van der Waals surface area (Å²) in [5, 5.41) is 17.2. The van der Waals surface area contributed by atoms with Gasteiger partial charge in [-0.25, -0.2) is 14.5 Å². The van der Waals surface area contributed by atoms with Crippen LogP contribution in [0.3, 0.4) is 0 Å². The molecule has 0 radical (unpaired) electrons. The molecular formula is C32H38N5O7P. The molecule has 12 nitrogen and oxygen atoms in total. The number of esters is 1. The number of rotatable bonds is 13. The largest absolute Gasteiger partial charge is 0.462 e. The van der Waals surface area contributed by atoms with Crippen molar-refractivity contribution in [3.63, 3.8) is 0 Å². The molecule has 0 spiro atoms. The highest BCUT2D eigenvalue weighted by molar-refractivity contribution is 7.52. The number of carbonyl (C=O) groups excluding carboxylic acids is 1. The first-order valence-corrected chi connectivity index (χ1v) is 16.2. The van der Waals surface area contributed by atoms with E-state index in [1.807, 2.05) is 61.5 Å². The first-order chi connectivity index (χ1) is 21.4. The molecule has 5 rings (SSSR count). The van der Waals surface area contributed by atoms with Gasteiger partial charge in [-0.1, -0.05) is 48.5 Å². The number of nitrogens with two attached hydrogens (primary N) is 1. The number of benzene rings is 3. The van der Waals surface area contributed by atoms with E-state index >= 15 is 0 Å². The third kappa shape index (κ3) is 7.11. The maximum atomic E-state index is 14.4. The van der Waals surface area contributed by atoms with E-state index in [0.717, 1.165) is 10.8 Å². The van der Waals surface area contributed by atoms with Gasteiger partial charge in [0.2, 0.25) is 0 Å². The third-order valence-corrected chi connectivity index (χ3v) is 8.64. The van der Waals surface area contributed by atoms with Gasteiger partial charge >= 0.3 is 13.7 Å². The number of anilines is 1. The Morgan fingerprint density at radius 2 is 1.78 bits per heavy atom. The molecule has 45 heavy (non-hydrogen) atoms. The van der Waals surface area contributed by atoms with Crippen LogP contribution in [0.15, 0.2) is 66.7 Å². The lowest BCUT2D eigenvalue weighted by atomic mass is 10.1. The molecule has 2 heterocycles. The van der Waals surface area contributed by atoms with Gasteiger partial charge in [-0.15, -0.1) is 0 Å². The number of imidazole rings is 1. The van der Waals surface area contributed by atoms with Crippen LogP contribution in [0, 0.1) is 0 Å². The molecule has 0 fully saturated rings. The van der Waals surface area contributed by atoms with E-state index in [4.69, 9.17) is 24.3 Å². The lowest BCUT2D eigenvalue weighted by Gasteiger charge is -2.30. The molecule has 0 saturated carbocycles. The van der Waals surface area contributed by atoms with Crippen LogP contribution in [0.2, 0.25) is 0 Å². The minimum atomic E-state index is -4.34. The number of ether oxygens (including phenoxy) is 2. The van der Waals surface area contributed by atoms with E-state index in [-0.39, 0.29) is 24.3 Å². The third-order valence-electron chi connectivity index (χ3n) is 7.02. The van der Waals surface area contributed by atoms with E-state index in [0.29, 0.717) is 34.4 Å². The van der Waals surface area contributed by atoms with Crippen LogP contribution < -0.4 is 15.3 Å². The summed E-state index contributed by atoms with van der Waals surface area (Å²) in [6, 6.07) is 19.1. The summed E-state index contributed by atoms with van der Waals surface area (Å²) in [6.45, 7) is 8.17. The standard InChI is InChI=1S/C32H38N5O7P/c1-6-41-18-27-35-28-29(25-13-9-10-14-26(25)34-30(28)33)37(27)32(5,39)19-42-45(40,36-21(4)31(38)43-20(2)3)44-24-16-15-22-11-7-8-12-23(22)17-24/h7-17,20-21,39H,6,18-19H2,1-5H3,(H2,33,34)(H,36,40)/t21-,32-,45-/m0/s1. The lowest BCUT2D eigenvalue weighted by molar-refractivity contribution is -0.149. The van der Waals surface area contributed by atoms with E-state index < -0.39 is 32.1 Å². The van der Waals surface area contributed by atoms with Crippen LogP contribution in [0.25, 0.3) is 32.7 Å². The topological polar surface area (TPSA) is 160 Å². The summed E-state index contributed by atoms with van der Waals surface area (Å²) in [7, 11) is -4.34. The molecule has 0 aliphatic rings. The molecule has 3 atom stereocenters. The normalized spacial score (nSPS) is 15.3. The van der Waals surface area contributed by atoms with Gasteiger partial charge in [-0.3, -0.25) is 13.9 Å². The number of aromatic nitrogens is 3. The molecule has 0 bridgehead atoms. The molecule has 238 valence electrons. The SMILES string of the molecule is CCOCc1nc2c(N)nc3ccccc3c2n1[C@@](C)(O)CO[P@@](=O)(N[C@@H](C)C(=O)OC(C)C)Oc1ccc2ccccc2c1. The quantitative estimate of drug-likeness (QED) is 0.108. The number of aliphatic hydroxyl groups is 1. The summed E-state index contributed by atoms with van der Waals surface area (Å²) in [5.74, 6) is 0.138. The molecule has 3 aromatic carbocycles. The Hall–Kier alpha value is -4.06. The number of para-hydroxylation sites is 1. The molecule has 0 amide bonds. The van der Waals surface area contributed by atoms with Crippen LogP contribution in [-0.4, -0.2) is 51.0 Å². The first kappa shape index (κ1) is 32.3. The van der Waals surface area contributed by atoms with Gasteiger partial charge in [-0.05, 0) is 63.6 Å². The molecule has 4 N–H and O–H groups in total. The fourth-order valence-electron chi connectivity index (χ4n) is 5.01. The van der Waals surface area contributed by atoms with Crippen molar-refractivity contribution in [3.05, 3.63) is 72.6 Å². The summed E-state index contributed by atoms with van der Waals surface area (Å²) in [4.78, 5) is 21.8. The highest BCUT2D eigenvalue weighted by Gasteiger charge is 2.38. The minimum Gasteiger partial charge on any atom is -0.462 e. The summed E-state index contributed by atoms with van der Waals surface area (Å²) in [5.41, 5.74) is 5.94. The van der Waals surface area contributed by atoms with Crippen molar-refractivity contribution in [3.8, 4) is 5.75 Å². The van der Waals surface area contributed by atoms with Crippen LogP contribution in [-0.2, 0) is 35.7 Å². The molecular weight excluding hydrogens is 597 g/mol. The lowest BCUT2D eigenvalue weighted by Crippen LogP contribution is -2.40. The average Bonchev–Trinajstić information content (AvgIpc) is 3.40. The number of carbonyl (C=O) groups is 1. The van der Waals surface area contributed by atoms with E-state index in [2.05, 4.69) is 15.1 Å². The Labute approximate surface area is 261 Å². The number of nitrogen functional groups attached to an aromatic ring is 1. The van der Waals surface area contributed by atoms with Crippen LogP contribution in [0.5, 0.6) is 5.75 Å². The zero-order chi connectivity index (χ0) is 32.4. The molecule has 5 aromatic rings. The second-order valence-electron chi connectivity index (χ2n) is 11.1. The molecule has 0 aliphatic carbocycles. The van der Waals surface area contributed by atoms with Gasteiger partial charge in [-0.2, -0.15) is 5.09 Å². The van der Waals surface area contributed by atoms with Crippen LogP contribution >= 0.6 is 7.75 Å². The number of nitrogens with zero attached hydrogens (tertiary/aromatic N) is 3. The Balaban J connectivity index is 1.53. The van der Waals surface area contributed by atoms with Crippen molar-refractivity contribution in [1.29, 1.82) is 0 Å². The Kier molecular flexibility index (Phi) is 9.43. The molecule has 2 aromatic heterocycles. The summed E-state index contributed by atoms with van der Waals surface area (Å²) < 4.78 is 38.8. The zero-order valence-electron chi connectivity index (χ0n) is 25.9. The van der Waals surface area contributed by atoms with E-state index in [1.165, 1.54) is 13.8 Å². The zero-order valence-corrected chi connectivity index (χ0v) is 26.8. The Morgan fingerprint density at radius 1 is 1.07 bits per heavy atom. The van der Waals surface area contributed by atoms with Gasteiger partial charge in [0, 0.05) is 12.0 Å². The van der Waals surface area contributed by atoms with Crippen molar-refractivity contribution in [2.24, 2.45) is 0 Å². The Morgan fingerprint density at radius 3 is 2.51 bits per heavy atom. The van der Waals surface area contributed by atoms with Crippen molar-refractivity contribution < 1.29 is 33.0 Å². The second-order valence-corrected chi connectivity index (χ2v) is 12.8. The highest BCUT2D eigenvalue weighted by atomic mass is 31.2. The molecule has 0 saturated heterocycles.